The molecule has 0 fully saturated rings. The molecule has 1 aliphatic rings. The van der Waals surface area contributed by atoms with Gasteiger partial charge in [-0.2, -0.15) is 0 Å². The Bertz CT molecular complexity index is 1010. The number of benzene rings is 2. The first-order chi connectivity index (χ1) is 13.1. The lowest BCUT2D eigenvalue weighted by atomic mass is 10.2. The van der Waals surface area contributed by atoms with Crippen LogP contribution in [-0.2, 0) is 9.59 Å². The van der Waals surface area contributed by atoms with Gasteiger partial charge >= 0.3 is 0 Å². The third-order valence-corrected chi connectivity index (χ3v) is 5.37. The van der Waals surface area contributed by atoms with E-state index in [-0.39, 0.29) is 18.2 Å². The van der Waals surface area contributed by atoms with E-state index in [1.54, 1.807) is 29.1 Å². The van der Waals surface area contributed by atoms with E-state index in [4.69, 9.17) is 0 Å². The maximum absolute atomic E-state index is 14.3. The van der Waals surface area contributed by atoms with Crippen molar-refractivity contribution in [3.8, 4) is 5.69 Å². The molecule has 1 aliphatic heterocycles. The zero-order valence-electron chi connectivity index (χ0n) is 14.1. The number of thioether (sulfide) groups is 1. The van der Waals surface area contributed by atoms with Crippen LogP contribution in [0.15, 0.2) is 66.1 Å². The van der Waals surface area contributed by atoms with Crippen molar-refractivity contribution in [3.63, 3.8) is 0 Å². The average molecular weight is 382 g/mol. The highest BCUT2D eigenvalue weighted by molar-refractivity contribution is 8.01. The lowest BCUT2D eigenvalue weighted by molar-refractivity contribution is -0.120. The van der Waals surface area contributed by atoms with E-state index < -0.39 is 11.1 Å². The fraction of sp³-hybridized carbons (Fsp3) is 0.105. The Morgan fingerprint density at radius 1 is 1.30 bits per heavy atom. The Balaban J connectivity index is 1.43. The first-order valence-corrected chi connectivity index (χ1v) is 9.12. The van der Waals surface area contributed by atoms with E-state index in [0.717, 1.165) is 10.6 Å². The Labute approximate surface area is 158 Å². The van der Waals surface area contributed by atoms with E-state index in [2.05, 4.69) is 15.6 Å². The van der Waals surface area contributed by atoms with Gasteiger partial charge in [-0.25, -0.2) is 9.37 Å². The molecule has 2 N–H and O–H groups in total. The van der Waals surface area contributed by atoms with Crippen LogP contribution in [0.1, 0.15) is 6.42 Å². The summed E-state index contributed by atoms with van der Waals surface area (Å²) in [6.45, 7) is 0. The van der Waals surface area contributed by atoms with Crippen LogP contribution in [-0.4, -0.2) is 26.6 Å². The molecule has 0 saturated carbocycles. The molecule has 27 heavy (non-hydrogen) atoms. The molecule has 136 valence electrons. The molecule has 0 saturated heterocycles. The van der Waals surface area contributed by atoms with E-state index >= 15 is 0 Å². The van der Waals surface area contributed by atoms with Gasteiger partial charge in [0.05, 0.1) is 23.0 Å². The number of fused-ring (bicyclic) bond motifs is 1. The summed E-state index contributed by atoms with van der Waals surface area (Å²) in [4.78, 5) is 29.3. The van der Waals surface area contributed by atoms with Crippen molar-refractivity contribution in [1.82, 2.24) is 9.55 Å². The Morgan fingerprint density at radius 3 is 2.93 bits per heavy atom. The number of amides is 2. The van der Waals surface area contributed by atoms with Crippen molar-refractivity contribution in [2.24, 2.45) is 0 Å². The van der Waals surface area contributed by atoms with Crippen molar-refractivity contribution in [2.45, 2.75) is 16.6 Å². The van der Waals surface area contributed by atoms with Gasteiger partial charge < -0.3 is 15.2 Å². The molecule has 0 bridgehead atoms. The smallest absolute Gasteiger partial charge is 0.238 e. The fourth-order valence-corrected chi connectivity index (χ4v) is 3.91. The molecule has 0 radical (unpaired) electrons. The van der Waals surface area contributed by atoms with Gasteiger partial charge in [0.1, 0.15) is 5.82 Å². The fourth-order valence-electron chi connectivity index (χ4n) is 2.80. The molecule has 2 heterocycles. The van der Waals surface area contributed by atoms with Crippen molar-refractivity contribution in [2.75, 3.05) is 10.6 Å². The molecule has 3 aromatic rings. The molecule has 0 spiro atoms. The van der Waals surface area contributed by atoms with Crippen LogP contribution in [0.5, 0.6) is 0 Å². The third kappa shape index (κ3) is 3.70. The highest BCUT2D eigenvalue weighted by Crippen LogP contribution is 2.36. The molecular formula is C19H15FN4O2S. The summed E-state index contributed by atoms with van der Waals surface area (Å²) < 4.78 is 15.8. The molecule has 6 nitrogen and oxygen atoms in total. The average Bonchev–Trinajstić information content (AvgIpc) is 3.17. The van der Waals surface area contributed by atoms with Crippen LogP contribution in [0.25, 0.3) is 5.69 Å². The van der Waals surface area contributed by atoms with E-state index in [1.807, 2.05) is 24.3 Å². The van der Waals surface area contributed by atoms with Crippen LogP contribution < -0.4 is 10.6 Å². The van der Waals surface area contributed by atoms with Crippen LogP contribution in [0.2, 0.25) is 0 Å². The number of nitrogens with zero attached hydrogens (tertiary/aromatic N) is 2. The lowest BCUT2D eigenvalue weighted by Crippen LogP contribution is -2.32. The minimum absolute atomic E-state index is 0.00424. The molecule has 1 unspecified atom stereocenters. The first kappa shape index (κ1) is 17.3. The zero-order chi connectivity index (χ0) is 18.8. The number of hydrogen-bond donors (Lipinski definition) is 2. The number of para-hydroxylation sites is 1. The number of rotatable bonds is 4. The Hall–Kier alpha value is -3.13. The standard InChI is InChI=1S/C19H15FN4O2S/c20-13-9-12(5-6-15(13)24-8-7-21-11-24)22-18(25)10-17-19(26)23-14-3-1-2-4-16(14)27-17/h1-9,11,17H,10H2,(H,22,25)(H,23,26). The number of carbonyl (C=O) groups excluding carboxylic acids is 2. The van der Waals surface area contributed by atoms with Gasteiger partial charge in [-0.3, -0.25) is 9.59 Å². The minimum atomic E-state index is -0.532. The normalized spacial score (nSPS) is 15.7. The van der Waals surface area contributed by atoms with Gasteiger partial charge in [0, 0.05) is 29.4 Å². The zero-order valence-corrected chi connectivity index (χ0v) is 14.9. The number of anilines is 2. The third-order valence-electron chi connectivity index (χ3n) is 4.09. The van der Waals surface area contributed by atoms with Gasteiger partial charge in [-0.1, -0.05) is 12.1 Å². The molecular weight excluding hydrogens is 367 g/mol. The van der Waals surface area contributed by atoms with E-state index in [9.17, 15) is 14.0 Å². The van der Waals surface area contributed by atoms with Crippen LogP contribution in [0.4, 0.5) is 15.8 Å². The topological polar surface area (TPSA) is 76.0 Å². The number of nitrogens with one attached hydrogen (secondary N) is 2. The van der Waals surface area contributed by atoms with E-state index in [1.165, 1.54) is 24.2 Å². The van der Waals surface area contributed by atoms with Crippen molar-refractivity contribution in [3.05, 3.63) is 67.0 Å². The number of halogens is 1. The molecule has 1 aromatic heterocycles. The summed E-state index contributed by atoms with van der Waals surface area (Å²) in [6, 6.07) is 11.9. The summed E-state index contributed by atoms with van der Waals surface area (Å²) in [5.41, 5.74) is 1.42. The summed E-state index contributed by atoms with van der Waals surface area (Å²) in [5, 5.41) is 4.92. The number of aromatic nitrogens is 2. The van der Waals surface area contributed by atoms with Gasteiger partial charge in [-0.05, 0) is 30.3 Å². The predicted octanol–water partition coefficient (Wildman–Crippen LogP) is 3.45. The van der Waals surface area contributed by atoms with Gasteiger partial charge in [0.15, 0.2) is 0 Å². The largest absolute Gasteiger partial charge is 0.326 e. The summed E-state index contributed by atoms with van der Waals surface area (Å²) in [7, 11) is 0. The minimum Gasteiger partial charge on any atom is -0.326 e. The summed E-state index contributed by atoms with van der Waals surface area (Å²) in [6.07, 6.45) is 4.68. The number of carbonyl (C=O) groups is 2. The van der Waals surface area contributed by atoms with Crippen molar-refractivity contribution < 1.29 is 14.0 Å². The number of hydrogen-bond acceptors (Lipinski definition) is 4. The highest BCUT2D eigenvalue weighted by atomic mass is 32.2. The summed E-state index contributed by atoms with van der Waals surface area (Å²) >= 11 is 1.35. The second kappa shape index (κ2) is 7.24. The van der Waals surface area contributed by atoms with Crippen LogP contribution in [0.3, 0.4) is 0 Å². The molecule has 1 atom stereocenters. The Morgan fingerprint density at radius 2 is 2.15 bits per heavy atom. The van der Waals surface area contributed by atoms with Gasteiger partial charge in [-0.15, -0.1) is 11.8 Å². The molecule has 0 aliphatic carbocycles. The molecule has 2 aromatic carbocycles. The predicted molar refractivity (Wildman–Crippen MR) is 101 cm³/mol. The second-order valence-corrected chi connectivity index (χ2v) is 7.22. The molecule has 2 amide bonds. The molecule has 4 rings (SSSR count). The quantitative estimate of drug-likeness (QED) is 0.725. The van der Waals surface area contributed by atoms with E-state index in [0.29, 0.717) is 11.4 Å². The second-order valence-electron chi connectivity index (χ2n) is 5.98. The van der Waals surface area contributed by atoms with Crippen molar-refractivity contribution in [1.29, 1.82) is 0 Å². The Kier molecular flexibility index (Phi) is 4.64. The summed E-state index contributed by atoms with van der Waals surface area (Å²) in [5.74, 6) is -1.04. The van der Waals surface area contributed by atoms with Crippen molar-refractivity contribution >= 4 is 35.0 Å². The maximum atomic E-state index is 14.3. The maximum Gasteiger partial charge on any atom is 0.238 e. The van der Waals surface area contributed by atoms with Crippen LogP contribution >= 0.6 is 11.8 Å². The molecule has 8 heteroatoms. The van der Waals surface area contributed by atoms with Gasteiger partial charge in [0.25, 0.3) is 0 Å². The van der Waals surface area contributed by atoms with Gasteiger partial charge in [0.2, 0.25) is 11.8 Å². The highest BCUT2D eigenvalue weighted by Gasteiger charge is 2.28. The van der Waals surface area contributed by atoms with Crippen LogP contribution in [0, 0.1) is 5.82 Å². The SMILES string of the molecule is O=C(CC1Sc2ccccc2NC1=O)Nc1ccc(-n2ccnc2)c(F)c1. The lowest BCUT2D eigenvalue weighted by Gasteiger charge is -2.23. The first-order valence-electron chi connectivity index (χ1n) is 8.24. The number of imidazole rings is 1. The monoisotopic (exact) mass is 382 g/mol.